The van der Waals surface area contributed by atoms with Gasteiger partial charge in [0.05, 0.1) is 4.47 Å². The van der Waals surface area contributed by atoms with E-state index in [0.717, 1.165) is 0 Å². The predicted octanol–water partition coefficient (Wildman–Crippen LogP) is 2.32. The zero-order valence-electron chi connectivity index (χ0n) is 12.1. The second-order valence-corrected chi connectivity index (χ2v) is 6.07. The molecule has 23 heavy (non-hydrogen) atoms. The maximum absolute atomic E-state index is 13.6. The van der Waals surface area contributed by atoms with Crippen molar-refractivity contribution in [3.8, 4) is 5.75 Å². The van der Waals surface area contributed by atoms with Crippen LogP contribution in [0.4, 0.5) is 4.39 Å². The number of carbonyl (C=O) groups is 1. The summed E-state index contributed by atoms with van der Waals surface area (Å²) in [5, 5.41) is 9.49. The van der Waals surface area contributed by atoms with Gasteiger partial charge >= 0.3 is 0 Å². The van der Waals surface area contributed by atoms with Crippen molar-refractivity contribution < 1.29 is 14.3 Å². The Kier molecular flexibility index (Phi) is 3.60. The maximum Gasteiger partial charge on any atom is 0.266 e. The monoisotopic (exact) mass is 377 g/mol. The van der Waals surface area contributed by atoms with E-state index in [1.807, 2.05) is 0 Å². The Morgan fingerprint density at radius 1 is 1.22 bits per heavy atom. The molecule has 0 radical (unpaired) electrons. The fourth-order valence-corrected chi connectivity index (χ4v) is 2.99. The molecule has 0 aromatic heterocycles. The number of phenols is 1. The topological polar surface area (TPSA) is 78.9 Å². The highest BCUT2D eigenvalue weighted by atomic mass is 79.9. The van der Waals surface area contributed by atoms with E-state index in [0.29, 0.717) is 11.1 Å². The quantitative estimate of drug-likeness (QED) is 0.842. The highest BCUT2D eigenvalue weighted by molar-refractivity contribution is 9.10. The molecule has 3 N–H and O–H groups in total. The number of rotatable bonds is 2. The van der Waals surface area contributed by atoms with Crippen LogP contribution in [0.2, 0.25) is 0 Å². The predicted molar refractivity (Wildman–Crippen MR) is 87.4 cm³/mol. The number of nitrogens with zero attached hydrogens (tertiary/aromatic N) is 2. The van der Waals surface area contributed by atoms with Crippen LogP contribution in [0.5, 0.6) is 5.75 Å². The zero-order valence-corrected chi connectivity index (χ0v) is 13.7. The number of hydrogen-bond donors (Lipinski definition) is 2. The molecule has 1 heterocycles. The van der Waals surface area contributed by atoms with Crippen LogP contribution in [-0.4, -0.2) is 28.9 Å². The number of halogens is 2. The van der Waals surface area contributed by atoms with E-state index in [1.165, 1.54) is 42.3 Å². The summed E-state index contributed by atoms with van der Waals surface area (Å²) >= 11 is 3.13. The van der Waals surface area contributed by atoms with Crippen LogP contribution in [0.15, 0.2) is 51.9 Å². The van der Waals surface area contributed by atoms with Gasteiger partial charge in [-0.05, 0) is 51.3 Å². The zero-order chi connectivity index (χ0) is 16.8. The number of carbonyl (C=O) groups excluding carboxylic acids is 1. The molecule has 1 atom stereocenters. The van der Waals surface area contributed by atoms with Crippen molar-refractivity contribution in [2.75, 3.05) is 7.05 Å². The standard InChI is InChI=1S/C16H13BrFN3O2/c1-21-14(23)16(20-15(21)19,9-2-5-11(22)6-3-9)10-4-7-13(18)12(17)8-10/h2-8,22H,1H3,(H2,19,20). The average Bonchev–Trinajstić information content (AvgIpc) is 2.76. The van der Waals surface area contributed by atoms with Gasteiger partial charge in [0, 0.05) is 7.05 Å². The summed E-state index contributed by atoms with van der Waals surface area (Å²) in [7, 11) is 1.53. The van der Waals surface area contributed by atoms with Crippen molar-refractivity contribution in [3.63, 3.8) is 0 Å². The van der Waals surface area contributed by atoms with E-state index >= 15 is 0 Å². The van der Waals surface area contributed by atoms with Crippen LogP contribution < -0.4 is 5.73 Å². The molecular formula is C16H13BrFN3O2. The number of likely N-dealkylation sites (N-methyl/N-ethyl adjacent to an activating group) is 1. The van der Waals surface area contributed by atoms with Gasteiger partial charge in [-0.2, -0.15) is 0 Å². The van der Waals surface area contributed by atoms with Gasteiger partial charge in [0.2, 0.25) is 0 Å². The molecule has 0 fully saturated rings. The molecule has 5 nitrogen and oxygen atoms in total. The molecule has 0 bridgehead atoms. The number of aromatic hydroxyl groups is 1. The number of nitrogens with two attached hydrogens (primary N) is 1. The first-order valence-electron chi connectivity index (χ1n) is 6.75. The molecular weight excluding hydrogens is 365 g/mol. The minimum Gasteiger partial charge on any atom is -0.508 e. The van der Waals surface area contributed by atoms with Crippen LogP contribution in [0.1, 0.15) is 11.1 Å². The minimum absolute atomic E-state index is 0.0694. The Balaban J connectivity index is 2.29. The number of amides is 1. The molecule has 1 aliphatic rings. The lowest BCUT2D eigenvalue weighted by Gasteiger charge is -2.26. The number of aliphatic imine (C=N–C) groups is 1. The lowest BCUT2D eigenvalue weighted by molar-refractivity contribution is -0.129. The summed E-state index contributed by atoms with van der Waals surface area (Å²) in [6, 6.07) is 10.4. The summed E-state index contributed by atoms with van der Waals surface area (Å²) in [4.78, 5) is 18.5. The van der Waals surface area contributed by atoms with Crippen molar-refractivity contribution in [3.05, 3.63) is 63.9 Å². The molecule has 0 aliphatic carbocycles. The van der Waals surface area contributed by atoms with Crippen molar-refractivity contribution in [2.45, 2.75) is 5.54 Å². The SMILES string of the molecule is CN1C(=O)C(c2ccc(O)cc2)(c2ccc(F)c(Br)c2)N=C1N. The largest absolute Gasteiger partial charge is 0.508 e. The van der Waals surface area contributed by atoms with Crippen molar-refractivity contribution in [2.24, 2.45) is 10.7 Å². The van der Waals surface area contributed by atoms with E-state index in [-0.39, 0.29) is 22.1 Å². The molecule has 0 saturated carbocycles. The molecule has 0 saturated heterocycles. The molecule has 2 aromatic carbocycles. The summed E-state index contributed by atoms with van der Waals surface area (Å²) in [5.74, 6) is -0.645. The number of guanidine groups is 1. The lowest BCUT2D eigenvalue weighted by atomic mass is 9.83. The molecule has 0 spiro atoms. The fourth-order valence-electron chi connectivity index (χ4n) is 2.61. The van der Waals surface area contributed by atoms with Gasteiger partial charge in [0.25, 0.3) is 5.91 Å². The van der Waals surface area contributed by atoms with E-state index in [1.54, 1.807) is 12.1 Å². The highest BCUT2D eigenvalue weighted by Gasteiger charge is 2.49. The van der Waals surface area contributed by atoms with Crippen molar-refractivity contribution in [1.29, 1.82) is 0 Å². The van der Waals surface area contributed by atoms with E-state index < -0.39 is 11.4 Å². The van der Waals surface area contributed by atoms with Crippen LogP contribution in [0, 0.1) is 5.82 Å². The first-order chi connectivity index (χ1) is 10.9. The van der Waals surface area contributed by atoms with Crippen molar-refractivity contribution in [1.82, 2.24) is 4.90 Å². The highest BCUT2D eigenvalue weighted by Crippen LogP contribution is 2.40. The molecule has 2 aromatic rings. The smallest absolute Gasteiger partial charge is 0.266 e. The number of hydrogen-bond acceptors (Lipinski definition) is 4. The van der Waals surface area contributed by atoms with Crippen LogP contribution in [0.3, 0.4) is 0 Å². The van der Waals surface area contributed by atoms with Gasteiger partial charge < -0.3 is 10.8 Å². The third-order valence-corrected chi connectivity index (χ3v) is 4.47. The normalized spacial score (nSPS) is 20.7. The van der Waals surface area contributed by atoms with Crippen LogP contribution in [0.25, 0.3) is 0 Å². The summed E-state index contributed by atoms with van der Waals surface area (Å²) in [6.07, 6.45) is 0. The average molecular weight is 378 g/mol. The Morgan fingerprint density at radius 2 is 1.83 bits per heavy atom. The molecule has 1 aliphatic heterocycles. The van der Waals surface area contributed by atoms with Gasteiger partial charge in [-0.15, -0.1) is 0 Å². The molecule has 7 heteroatoms. The number of phenolic OH excluding ortho intramolecular Hbond substituents is 1. The summed E-state index contributed by atoms with van der Waals surface area (Å²) in [6.45, 7) is 0. The van der Waals surface area contributed by atoms with E-state index in [9.17, 15) is 14.3 Å². The van der Waals surface area contributed by atoms with Crippen LogP contribution >= 0.6 is 15.9 Å². The van der Waals surface area contributed by atoms with Gasteiger partial charge in [-0.25, -0.2) is 9.38 Å². The molecule has 1 amide bonds. The first kappa shape index (κ1) is 15.5. The maximum atomic E-state index is 13.6. The van der Waals surface area contributed by atoms with Gasteiger partial charge in [-0.1, -0.05) is 18.2 Å². The molecule has 118 valence electrons. The lowest BCUT2D eigenvalue weighted by Crippen LogP contribution is -2.41. The van der Waals surface area contributed by atoms with Gasteiger partial charge in [-0.3, -0.25) is 9.69 Å². The second kappa shape index (κ2) is 5.34. The first-order valence-corrected chi connectivity index (χ1v) is 7.54. The minimum atomic E-state index is -1.40. The van der Waals surface area contributed by atoms with Gasteiger partial charge in [0.1, 0.15) is 11.6 Å². The second-order valence-electron chi connectivity index (χ2n) is 5.22. The van der Waals surface area contributed by atoms with Crippen LogP contribution in [-0.2, 0) is 10.3 Å². The van der Waals surface area contributed by atoms with E-state index in [2.05, 4.69) is 20.9 Å². The van der Waals surface area contributed by atoms with Gasteiger partial charge in [0.15, 0.2) is 11.5 Å². The number of benzene rings is 2. The third-order valence-electron chi connectivity index (χ3n) is 3.86. The van der Waals surface area contributed by atoms with Crippen molar-refractivity contribution >= 4 is 27.8 Å². The Hall–Kier alpha value is -2.41. The molecule has 1 unspecified atom stereocenters. The van der Waals surface area contributed by atoms with E-state index in [4.69, 9.17) is 5.73 Å². The molecule has 3 rings (SSSR count). The third kappa shape index (κ3) is 2.28. The fraction of sp³-hybridized carbons (Fsp3) is 0.125. The summed E-state index contributed by atoms with van der Waals surface area (Å²) in [5.41, 5.74) is 5.45. The Labute approximate surface area is 140 Å². The Morgan fingerprint density at radius 3 is 2.35 bits per heavy atom. The Bertz CT molecular complexity index is 823. The summed E-state index contributed by atoms with van der Waals surface area (Å²) < 4.78 is 13.8.